The van der Waals surface area contributed by atoms with Crippen molar-refractivity contribution in [3.05, 3.63) is 95.1 Å². The van der Waals surface area contributed by atoms with Gasteiger partial charge in [0.25, 0.3) is 5.91 Å². The minimum atomic E-state index is -1.13. The molecule has 0 aliphatic carbocycles. The van der Waals surface area contributed by atoms with Crippen LogP contribution in [-0.4, -0.2) is 35.2 Å². The van der Waals surface area contributed by atoms with Crippen molar-refractivity contribution >= 4 is 23.3 Å². The molecular formula is C24H20N2O4. The van der Waals surface area contributed by atoms with Crippen LogP contribution in [0.15, 0.2) is 72.8 Å². The first-order chi connectivity index (χ1) is 14.6. The molecule has 0 saturated carbocycles. The highest BCUT2D eigenvalue weighted by Gasteiger charge is 2.16. The fourth-order valence-corrected chi connectivity index (χ4v) is 2.79. The Labute approximate surface area is 174 Å². The molecule has 4 N–H and O–H groups in total. The molecule has 6 nitrogen and oxygen atoms in total. The summed E-state index contributed by atoms with van der Waals surface area (Å²) in [5.41, 5.74) is 2.48. The van der Waals surface area contributed by atoms with Gasteiger partial charge in [0.2, 0.25) is 0 Å². The quantitative estimate of drug-likeness (QED) is 0.475. The first-order valence-electron chi connectivity index (χ1n) is 9.28. The molecule has 0 atom stereocenters. The summed E-state index contributed by atoms with van der Waals surface area (Å²) >= 11 is 0. The average molecular weight is 400 g/mol. The van der Waals surface area contributed by atoms with E-state index in [0.717, 1.165) is 5.56 Å². The smallest absolute Gasteiger partial charge is 0.337 e. The van der Waals surface area contributed by atoms with Crippen molar-refractivity contribution in [1.29, 1.82) is 0 Å². The van der Waals surface area contributed by atoms with Gasteiger partial charge in [-0.1, -0.05) is 42.2 Å². The summed E-state index contributed by atoms with van der Waals surface area (Å²) < 4.78 is 0. The van der Waals surface area contributed by atoms with Crippen LogP contribution in [0.2, 0.25) is 0 Å². The van der Waals surface area contributed by atoms with Gasteiger partial charge in [0.15, 0.2) is 0 Å². The van der Waals surface area contributed by atoms with Crippen molar-refractivity contribution in [3.8, 4) is 11.8 Å². The molecule has 0 saturated heterocycles. The standard InChI is InChI=1S/C24H20N2O4/c27-15-14-25-21-13-12-18(11-10-17-6-2-1-3-7-17)16-20(21)23(28)26-22-9-5-4-8-19(22)24(29)30/h1-9,12-13,16,25,27H,14-15H2,(H,26,28)(H,29,30). The van der Waals surface area contributed by atoms with E-state index in [-0.39, 0.29) is 24.4 Å². The highest BCUT2D eigenvalue weighted by molar-refractivity contribution is 6.10. The fraction of sp³-hybridized carbons (Fsp3) is 0.0833. The summed E-state index contributed by atoms with van der Waals surface area (Å²) in [5.74, 6) is 4.46. The number of carboxylic acids is 1. The molecule has 1 amide bonds. The monoisotopic (exact) mass is 400 g/mol. The van der Waals surface area contributed by atoms with E-state index >= 15 is 0 Å². The van der Waals surface area contributed by atoms with Crippen LogP contribution in [0, 0.1) is 11.8 Å². The number of carbonyl (C=O) groups excluding carboxylic acids is 1. The fourth-order valence-electron chi connectivity index (χ4n) is 2.79. The SMILES string of the molecule is O=C(O)c1ccccc1NC(=O)c1cc(C#Cc2ccccc2)ccc1NCCO. The third-order valence-corrected chi connectivity index (χ3v) is 4.22. The predicted molar refractivity (Wildman–Crippen MR) is 116 cm³/mol. The van der Waals surface area contributed by atoms with E-state index < -0.39 is 11.9 Å². The Balaban J connectivity index is 1.93. The summed E-state index contributed by atoms with van der Waals surface area (Å²) in [5, 5.41) is 24.1. The highest BCUT2D eigenvalue weighted by Crippen LogP contribution is 2.21. The molecule has 0 heterocycles. The Bertz CT molecular complexity index is 1110. The van der Waals surface area contributed by atoms with Gasteiger partial charge in [-0.3, -0.25) is 4.79 Å². The van der Waals surface area contributed by atoms with E-state index in [9.17, 15) is 14.7 Å². The Morgan fingerprint density at radius 3 is 2.23 bits per heavy atom. The Hall–Kier alpha value is -4.08. The number of hydrogen-bond acceptors (Lipinski definition) is 4. The largest absolute Gasteiger partial charge is 0.478 e. The predicted octanol–water partition coefficient (Wildman–Crippen LogP) is 3.44. The lowest BCUT2D eigenvalue weighted by atomic mass is 10.1. The molecule has 0 aromatic heterocycles. The van der Waals surface area contributed by atoms with Crippen molar-refractivity contribution in [3.63, 3.8) is 0 Å². The zero-order valence-corrected chi connectivity index (χ0v) is 16.1. The molecule has 0 spiro atoms. The number of nitrogens with one attached hydrogen (secondary N) is 2. The molecule has 6 heteroatoms. The van der Waals surface area contributed by atoms with Crippen LogP contribution in [0.3, 0.4) is 0 Å². The number of amides is 1. The number of rotatable bonds is 6. The van der Waals surface area contributed by atoms with Crippen LogP contribution >= 0.6 is 0 Å². The van der Waals surface area contributed by atoms with Gasteiger partial charge in [0.1, 0.15) is 0 Å². The molecular weight excluding hydrogens is 380 g/mol. The van der Waals surface area contributed by atoms with E-state index in [0.29, 0.717) is 16.8 Å². The molecule has 0 radical (unpaired) electrons. The number of carbonyl (C=O) groups is 2. The highest BCUT2D eigenvalue weighted by atomic mass is 16.4. The molecule has 3 aromatic rings. The molecule has 150 valence electrons. The number of hydrogen-bond donors (Lipinski definition) is 4. The van der Waals surface area contributed by atoms with Crippen LogP contribution in [0.25, 0.3) is 0 Å². The Morgan fingerprint density at radius 2 is 1.50 bits per heavy atom. The van der Waals surface area contributed by atoms with Gasteiger partial charge in [-0.05, 0) is 42.5 Å². The third-order valence-electron chi connectivity index (χ3n) is 4.22. The van der Waals surface area contributed by atoms with Gasteiger partial charge in [0, 0.05) is 23.4 Å². The molecule has 0 aliphatic heterocycles. The van der Waals surface area contributed by atoms with E-state index in [1.807, 2.05) is 30.3 Å². The van der Waals surface area contributed by atoms with E-state index in [1.165, 1.54) is 12.1 Å². The summed E-state index contributed by atoms with van der Waals surface area (Å²) in [7, 11) is 0. The molecule has 0 unspecified atom stereocenters. The van der Waals surface area contributed by atoms with E-state index in [4.69, 9.17) is 5.11 Å². The zero-order chi connectivity index (χ0) is 21.3. The number of carboxylic acid groups (broad SMARTS) is 1. The first-order valence-corrected chi connectivity index (χ1v) is 9.28. The van der Waals surface area contributed by atoms with Crippen molar-refractivity contribution in [2.24, 2.45) is 0 Å². The second-order valence-corrected chi connectivity index (χ2v) is 6.33. The molecule has 0 fully saturated rings. The second-order valence-electron chi connectivity index (χ2n) is 6.33. The number of aromatic carboxylic acids is 1. The summed E-state index contributed by atoms with van der Waals surface area (Å²) in [6.45, 7) is 0.166. The van der Waals surface area contributed by atoms with E-state index in [1.54, 1.807) is 30.3 Å². The third kappa shape index (κ3) is 5.25. The topological polar surface area (TPSA) is 98.7 Å². The van der Waals surface area contributed by atoms with Crippen molar-refractivity contribution < 1.29 is 19.8 Å². The number of aliphatic hydroxyl groups excluding tert-OH is 1. The molecule has 0 aliphatic rings. The number of benzene rings is 3. The number of para-hydroxylation sites is 1. The van der Waals surface area contributed by atoms with E-state index in [2.05, 4.69) is 22.5 Å². The van der Waals surface area contributed by atoms with Crippen LogP contribution in [0.5, 0.6) is 0 Å². The minimum absolute atomic E-state index is 0.00394. The van der Waals surface area contributed by atoms with Crippen LogP contribution < -0.4 is 10.6 Å². The maximum Gasteiger partial charge on any atom is 0.337 e. The van der Waals surface area contributed by atoms with Crippen molar-refractivity contribution in [2.75, 3.05) is 23.8 Å². The molecule has 30 heavy (non-hydrogen) atoms. The van der Waals surface area contributed by atoms with Crippen LogP contribution in [-0.2, 0) is 0 Å². The van der Waals surface area contributed by atoms with Gasteiger partial charge in [0.05, 0.1) is 23.4 Å². The van der Waals surface area contributed by atoms with Crippen LogP contribution in [0.4, 0.5) is 11.4 Å². The summed E-state index contributed by atoms with van der Waals surface area (Å²) in [6.07, 6.45) is 0. The van der Waals surface area contributed by atoms with Gasteiger partial charge < -0.3 is 20.8 Å². The summed E-state index contributed by atoms with van der Waals surface area (Å²) in [4.78, 5) is 24.4. The number of aliphatic hydroxyl groups is 1. The lowest BCUT2D eigenvalue weighted by Gasteiger charge is -2.13. The van der Waals surface area contributed by atoms with Gasteiger partial charge in [-0.15, -0.1) is 0 Å². The second kappa shape index (κ2) is 9.92. The lowest BCUT2D eigenvalue weighted by molar-refractivity contribution is 0.0698. The number of anilines is 2. The van der Waals surface area contributed by atoms with Crippen molar-refractivity contribution in [2.45, 2.75) is 0 Å². The average Bonchev–Trinajstić information content (AvgIpc) is 2.77. The molecule has 0 bridgehead atoms. The Morgan fingerprint density at radius 1 is 0.800 bits per heavy atom. The van der Waals surface area contributed by atoms with Crippen LogP contribution in [0.1, 0.15) is 31.8 Å². The normalized spacial score (nSPS) is 9.90. The zero-order valence-electron chi connectivity index (χ0n) is 16.1. The lowest BCUT2D eigenvalue weighted by Crippen LogP contribution is -2.18. The maximum atomic E-state index is 12.9. The van der Waals surface area contributed by atoms with Gasteiger partial charge in [-0.2, -0.15) is 0 Å². The minimum Gasteiger partial charge on any atom is -0.478 e. The Kier molecular flexibility index (Phi) is 6.83. The first kappa shape index (κ1) is 20.6. The van der Waals surface area contributed by atoms with Gasteiger partial charge >= 0.3 is 5.97 Å². The molecule has 3 aromatic carbocycles. The van der Waals surface area contributed by atoms with Crippen molar-refractivity contribution in [1.82, 2.24) is 0 Å². The summed E-state index contributed by atoms with van der Waals surface area (Å²) in [6, 6.07) is 20.8. The molecule has 3 rings (SSSR count). The maximum absolute atomic E-state index is 12.9. The van der Waals surface area contributed by atoms with Gasteiger partial charge in [-0.25, -0.2) is 4.79 Å².